The standard InChI is InChI=1S/C28H26N4O3S/c1-19(25-30-31-26(35-25)21-14-16-22(34-2)17-15-21)36-28-29-24-13-7-6-12-23(24)27(33)32(28)18-8-11-20-9-4-3-5-10-20/h3-7,9-10,12-17,19H,8,11,18H2,1-2H3. The minimum absolute atomic E-state index is 0.0344. The molecule has 0 amide bonds. The Hall–Kier alpha value is -3.91. The highest BCUT2D eigenvalue weighted by Gasteiger charge is 2.20. The van der Waals surface area contributed by atoms with Crippen molar-refractivity contribution in [2.45, 2.75) is 36.7 Å². The lowest BCUT2D eigenvalue weighted by Crippen LogP contribution is -2.24. The number of ether oxygens (including phenoxy) is 1. The van der Waals surface area contributed by atoms with Crippen LogP contribution in [0.4, 0.5) is 0 Å². The molecule has 0 aliphatic rings. The van der Waals surface area contributed by atoms with Crippen molar-refractivity contribution in [3.05, 3.63) is 101 Å². The monoisotopic (exact) mass is 498 g/mol. The van der Waals surface area contributed by atoms with Gasteiger partial charge in [-0.15, -0.1) is 10.2 Å². The summed E-state index contributed by atoms with van der Waals surface area (Å²) in [5.41, 5.74) is 2.71. The zero-order valence-corrected chi connectivity index (χ0v) is 20.9. The minimum Gasteiger partial charge on any atom is -0.497 e. The molecule has 0 N–H and O–H groups in total. The maximum absolute atomic E-state index is 13.4. The van der Waals surface area contributed by atoms with Gasteiger partial charge in [0.15, 0.2) is 5.16 Å². The molecule has 0 fully saturated rings. The van der Waals surface area contributed by atoms with Crippen LogP contribution in [0.2, 0.25) is 0 Å². The third-order valence-electron chi connectivity index (χ3n) is 5.92. The lowest BCUT2D eigenvalue weighted by molar-refractivity contribution is 0.415. The molecule has 0 aliphatic carbocycles. The highest BCUT2D eigenvalue weighted by molar-refractivity contribution is 7.99. The topological polar surface area (TPSA) is 83.0 Å². The Morgan fingerprint density at radius 3 is 2.50 bits per heavy atom. The van der Waals surface area contributed by atoms with Gasteiger partial charge in [-0.05, 0) is 61.7 Å². The van der Waals surface area contributed by atoms with Gasteiger partial charge in [0.2, 0.25) is 11.8 Å². The smallest absolute Gasteiger partial charge is 0.262 e. The van der Waals surface area contributed by atoms with Crippen molar-refractivity contribution in [2.75, 3.05) is 7.11 Å². The van der Waals surface area contributed by atoms with Crippen LogP contribution in [0.25, 0.3) is 22.4 Å². The Morgan fingerprint density at radius 1 is 0.972 bits per heavy atom. The summed E-state index contributed by atoms with van der Waals surface area (Å²) < 4.78 is 13.0. The van der Waals surface area contributed by atoms with Gasteiger partial charge in [0.25, 0.3) is 5.56 Å². The van der Waals surface area contributed by atoms with Crippen LogP contribution >= 0.6 is 11.8 Å². The van der Waals surface area contributed by atoms with Crippen molar-refractivity contribution in [1.29, 1.82) is 0 Å². The molecule has 0 aliphatic heterocycles. The fraction of sp³-hybridized carbons (Fsp3) is 0.214. The Kier molecular flexibility index (Phi) is 7.13. The number of para-hydroxylation sites is 1. The fourth-order valence-corrected chi connectivity index (χ4v) is 4.94. The van der Waals surface area contributed by atoms with Gasteiger partial charge < -0.3 is 9.15 Å². The Morgan fingerprint density at radius 2 is 1.72 bits per heavy atom. The van der Waals surface area contributed by atoms with E-state index in [1.165, 1.54) is 17.3 Å². The third kappa shape index (κ3) is 5.18. The van der Waals surface area contributed by atoms with Crippen LogP contribution in [0.15, 0.2) is 93.2 Å². The predicted molar refractivity (Wildman–Crippen MR) is 141 cm³/mol. The second-order valence-corrected chi connectivity index (χ2v) is 9.70. The molecule has 5 aromatic rings. The highest BCUT2D eigenvalue weighted by atomic mass is 32.2. The summed E-state index contributed by atoms with van der Waals surface area (Å²) in [6, 6.07) is 25.2. The molecule has 0 saturated heterocycles. The summed E-state index contributed by atoms with van der Waals surface area (Å²) in [6.45, 7) is 2.55. The van der Waals surface area contributed by atoms with Crippen LogP contribution in [0.3, 0.4) is 0 Å². The highest BCUT2D eigenvalue weighted by Crippen LogP contribution is 2.34. The van der Waals surface area contributed by atoms with Gasteiger partial charge in [0, 0.05) is 12.1 Å². The van der Waals surface area contributed by atoms with Crippen molar-refractivity contribution in [2.24, 2.45) is 0 Å². The molecule has 0 radical (unpaired) electrons. The first-order valence-electron chi connectivity index (χ1n) is 11.8. The molecule has 1 unspecified atom stereocenters. The lowest BCUT2D eigenvalue weighted by Gasteiger charge is -2.15. The second-order valence-electron chi connectivity index (χ2n) is 8.39. The van der Waals surface area contributed by atoms with Crippen LogP contribution in [0.5, 0.6) is 5.75 Å². The van der Waals surface area contributed by atoms with E-state index in [1.807, 2.05) is 73.7 Å². The second kappa shape index (κ2) is 10.8. The van der Waals surface area contributed by atoms with Crippen LogP contribution in [-0.4, -0.2) is 26.9 Å². The Labute approximate surface area is 213 Å². The number of rotatable bonds is 9. The van der Waals surface area contributed by atoms with Crippen LogP contribution < -0.4 is 10.3 Å². The first-order chi connectivity index (χ1) is 17.6. The zero-order valence-electron chi connectivity index (χ0n) is 20.1. The summed E-state index contributed by atoms with van der Waals surface area (Å²) in [4.78, 5) is 18.2. The van der Waals surface area contributed by atoms with E-state index in [2.05, 4.69) is 22.3 Å². The van der Waals surface area contributed by atoms with Gasteiger partial charge >= 0.3 is 0 Å². The molecule has 8 heteroatoms. The van der Waals surface area contributed by atoms with E-state index in [4.69, 9.17) is 14.1 Å². The van der Waals surface area contributed by atoms with Gasteiger partial charge in [0.1, 0.15) is 5.75 Å². The molecule has 5 rings (SSSR count). The molecule has 0 saturated carbocycles. The number of aryl methyl sites for hydroxylation is 1. The van der Waals surface area contributed by atoms with Gasteiger partial charge in [-0.1, -0.05) is 54.2 Å². The van der Waals surface area contributed by atoms with Crippen LogP contribution in [0, 0.1) is 0 Å². The zero-order chi connectivity index (χ0) is 24.9. The average Bonchev–Trinajstić information content (AvgIpc) is 3.42. The van der Waals surface area contributed by atoms with Crippen LogP contribution in [-0.2, 0) is 13.0 Å². The number of fused-ring (bicyclic) bond motifs is 1. The summed E-state index contributed by atoms with van der Waals surface area (Å²) in [7, 11) is 1.63. The number of benzene rings is 3. The van der Waals surface area contributed by atoms with Gasteiger partial charge in [0.05, 0.1) is 23.3 Å². The third-order valence-corrected chi connectivity index (χ3v) is 7.00. The number of hydrogen-bond acceptors (Lipinski definition) is 7. The minimum atomic E-state index is -0.196. The van der Waals surface area contributed by atoms with E-state index in [0.29, 0.717) is 34.4 Å². The van der Waals surface area contributed by atoms with E-state index in [9.17, 15) is 4.79 Å². The SMILES string of the molecule is COc1ccc(-c2nnc(C(C)Sc3nc4ccccc4c(=O)n3CCCc3ccccc3)o2)cc1. The normalized spacial score (nSPS) is 12.1. The number of hydrogen-bond donors (Lipinski definition) is 0. The van der Waals surface area contributed by atoms with Gasteiger partial charge in [-0.3, -0.25) is 9.36 Å². The quantitative estimate of drug-likeness (QED) is 0.184. The summed E-state index contributed by atoms with van der Waals surface area (Å²) in [6.07, 6.45) is 1.71. The number of methoxy groups -OCH3 is 1. The van der Waals surface area contributed by atoms with Crippen molar-refractivity contribution in [1.82, 2.24) is 19.7 Å². The van der Waals surface area contributed by atoms with Crippen molar-refractivity contribution >= 4 is 22.7 Å². The van der Waals surface area contributed by atoms with E-state index >= 15 is 0 Å². The van der Waals surface area contributed by atoms with Crippen molar-refractivity contribution in [3.8, 4) is 17.2 Å². The van der Waals surface area contributed by atoms with E-state index in [-0.39, 0.29) is 10.8 Å². The molecule has 2 aromatic heterocycles. The molecule has 36 heavy (non-hydrogen) atoms. The summed E-state index contributed by atoms with van der Waals surface area (Å²) >= 11 is 1.45. The van der Waals surface area contributed by atoms with Gasteiger partial charge in [-0.2, -0.15) is 0 Å². The number of nitrogens with zero attached hydrogens (tertiary/aromatic N) is 4. The Balaban J connectivity index is 1.39. The molecule has 2 heterocycles. The van der Waals surface area contributed by atoms with E-state index in [0.717, 1.165) is 24.2 Å². The average molecular weight is 499 g/mol. The van der Waals surface area contributed by atoms with Crippen molar-refractivity contribution < 1.29 is 9.15 Å². The molecule has 7 nitrogen and oxygen atoms in total. The summed E-state index contributed by atoms with van der Waals surface area (Å²) in [5, 5.41) is 9.55. The molecule has 1 atom stereocenters. The first-order valence-corrected chi connectivity index (χ1v) is 12.7. The molecule has 0 spiro atoms. The van der Waals surface area contributed by atoms with Crippen LogP contribution in [0.1, 0.15) is 30.0 Å². The maximum atomic E-state index is 13.4. The number of aromatic nitrogens is 4. The maximum Gasteiger partial charge on any atom is 0.262 e. The molecular formula is C28H26N4O3S. The van der Waals surface area contributed by atoms with E-state index < -0.39 is 0 Å². The largest absolute Gasteiger partial charge is 0.497 e. The molecule has 182 valence electrons. The fourth-order valence-electron chi connectivity index (χ4n) is 3.98. The van der Waals surface area contributed by atoms with E-state index in [1.54, 1.807) is 11.7 Å². The Bertz CT molecular complexity index is 1510. The molecule has 0 bridgehead atoms. The number of thioether (sulfide) groups is 1. The molecule has 3 aromatic carbocycles. The summed E-state index contributed by atoms with van der Waals surface area (Å²) in [5.74, 6) is 1.67. The first kappa shape index (κ1) is 23.8. The van der Waals surface area contributed by atoms with Crippen molar-refractivity contribution in [3.63, 3.8) is 0 Å². The predicted octanol–water partition coefficient (Wildman–Crippen LogP) is 5.94. The van der Waals surface area contributed by atoms with Gasteiger partial charge in [-0.25, -0.2) is 4.98 Å². The molecular weight excluding hydrogens is 472 g/mol. The lowest BCUT2D eigenvalue weighted by atomic mass is 10.1.